The second kappa shape index (κ2) is 11.6. The van der Waals surface area contributed by atoms with E-state index in [1.807, 2.05) is 0 Å². The van der Waals surface area contributed by atoms with Gasteiger partial charge in [-0.3, -0.25) is 14.7 Å². The maximum atomic E-state index is 13.8. The lowest BCUT2D eigenvalue weighted by molar-refractivity contribution is -0.202. The van der Waals surface area contributed by atoms with E-state index in [2.05, 4.69) is 25.1 Å². The Morgan fingerprint density at radius 1 is 1.13 bits per heavy atom. The monoisotopic (exact) mass is 573 g/mol. The average molecular weight is 574 g/mol. The van der Waals surface area contributed by atoms with Gasteiger partial charge in [-0.1, -0.05) is 11.3 Å². The predicted octanol–water partition coefficient (Wildman–Crippen LogP) is 4.79. The molecule has 3 aliphatic rings. The van der Waals surface area contributed by atoms with Gasteiger partial charge in [0.05, 0.1) is 43.3 Å². The lowest BCUT2D eigenvalue weighted by Gasteiger charge is -2.42. The van der Waals surface area contributed by atoms with Crippen molar-refractivity contribution < 1.29 is 31.5 Å². The number of nitrogens with zero attached hydrogens (tertiary/aromatic N) is 4. The van der Waals surface area contributed by atoms with Gasteiger partial charge in [-0.25, -0.2) is 13.8 Å². The molecule has 2 aliphatic heterocycles. The third-order valence-electron chi connectivity index (χ3n) is 8.01. The predicted molar refractivity (Wildman–Crippen MR) is 136 cm³/mol. The molecule has 2 aromatic rings. The molecule has 7 nitrogen and oxygen atoms in total. The molecule has 0 bridgehead atoms. The molecule has 0 unspecified atom stereocenters. The maximum absolute atomic E-state index is 13.8. The average Bonchev–Trinajstić information content (AvgIpc) is 3.55. The molecule has 39 heavy (non-hydrogen) atoms. The highest BCUT2D eigenvalue weighted by atomic mass is 32.1. The number of thiazole rings is 1. The maximum Gasteiger partial charge on any atom is 0.396 e. The summed E-state index contributed by atoms with van der Waals surface area (Å²) < 4.78 is 71.8. The number of hydrogen-bond donors (Lipinski definition) is 1. The summed E-state index contributed by atoms with van der Waals surface area (Å²) in [5, 5.41) is 3.34. The molecule has 1 aliphatic carbocycles. The number of piperidine rings is 2. The smallest absolute Gasteiger partial charge is 0.380 e. The number of aromatic nitrogens is 2. The van der Waals surface area contributed by atoms with Crippen molar-refractivity contribution in [3.05, 3.63) is 40.7 Å². The quantitative estimate of drug-likeness (QED) is 0.436. The summed E-state index contributed by atoms with van der Waals surface area (Å²) in [6.07, 6.45) is 2.41. The molecule has 214 valence electrons. The molecular formula is C26H32F5N5O2S. The van der Waals surface area contributed by atoms with E-state index >= 15 is 0 Å². The summed E-state index contributed by atoms with van der Waals surface area (Å²) in [7, 11) is 0. The van der Waals surface area contributed by atoms with E-state index in [9.17, 15) is 26.7 Å². The Bertz CT molecular complexity index is 1150. The van der Waals surface area contributed by atoms with Crippen molar-refractivity contribution in [2.45, 2.75) is 57.3 Å². The summed E-state index contributed by atoms with van der Waals surface area (Å²) in [4.78, 5) is 25.6. The van der Waals surface area contributed by atoms with E-state index in [0.29, 0.717) is 17.5 Å². The van der Waals surface area contributed by atoms with E-state index in [-0.39, 0.29) is 37.6 Å². The van der Waals surface area contributed by atoms with Gasteiger partial charge < -0.3 is 15.0 Å². The van der Waals surface area contributed by atoms with Crippen molar-refractivity contribution in [3.8, 4) is 0 Å². The lowest BCUT2D eigenvalue weighted by Crippen LogP contribution is -2.49. The first kappa shape index (κ1) is 28.2. The van der Waals surface area contributed by atoms with Gasteiger partial charge in [-0.2, -0.15) is 13.2 Å². The molecule has 0 spiro atoms. The number of alkyl halides is 3. The molecule has 2 aromatic heterocycles. The van der Waals surface area contributed by atoms with Crippen LogP contribution in [0.1, 0.15) is 53.9 Å². The van der Waals surface area contributed by atoms with Gasteiger partial charge >= 0.3 is 6.18 Å². The highest BCUT2D eigenvalue weighted by molar-refractivity contribution is 7.17. The first-order valence-corrected chi connectivity index (χ1v) is 14.1. The minimum atomic E-state index is -4.18. The second-order valence-electron chi connectivity index (χ2n) is 10.8. The Kier molecular flexibility index (Phi) is 8.39. The first-order chi connectivity index (χ1) is 18.6. The molecule has 1 N–H and O–H groups in total. The van der Waals surface area contributed by atoms with Crippen LogP contribution >= 0.6 is 11.3 Å². The summed E-state index contributed by atoms with van der Waals surface area (Å²) in [5.41, 5.74) is -1.65. The van der Waals surface area contributed by atoms with Crippen LogP contribution in [0.15, 0.2) is 18.5 Å². The van der Waals surface area contributed by atoms with Crippen LogP contribution in [0.5, 0.6) is 0 Å². The Hall–Kier alpha value is -2.38. The van der Waals surface area contributed by atoms with Gasteiger partial charge in [0.15, 0.2) is 5.13 Å². The van der Waals surface area contributed by atoms with Crippen LogP contribution in [0.3, 0.4) is 0 Å². The number of ether oxygens (including phenoxy) is 1. The topological polar surface area (TPSA) is 70.6 Å². The van der Waals surface area contributed by atoms with Crippen LogP contribution in [0.25, 0.3) is 0 Å². The van der Waals surface area contributed by atoms with Gasteiger partial charge in [0.1, 0.15) is 16.5 Å². The third-order valence-corrected chi connectivity index (χ3v) is 9.06. The highest BCUT2D eigenvalue weighted by Crippen LogP contribution is 2.57. The summed E-state index contributed by atoms with van der Waals surface area (Å²) >= 11 is 1.26. The van der Waals surface area contributed by atoms with E-state index in [1.165, 1.54) is 17.5 Å². The number of amides is 1. The van der Waals surface area contributed by atoms with Gasteiger partial charge in [-0.05, 0) is 51.0 Å². The fourth-order valence-electron chi connectivity index (χ4n) is 5.41. The van der Waals surface area contributed by atoms with E-state index < -0.39 is 29.1 Å². The van der Waals surface area contributed by atoms with Gasteiger partial charge in [0.2, 0.25) is 0 Å². The number of hydrogen-bond acceptors (Lipinski definition) is 7. The largest absolute Gasteiger partial charge is 0.396 e. The zero-order valence-electron chi connectivity index (χ0n) is 21.5. The number of rotatable bonds is 9. The fraction of sp³-hybridized carbons (Fsp3) is 0.654. The summed E-state index contributed by atoms with van der Waals surface area (Å²) in [5.74, 6) is -1.74. The van der Waals surface area contributed by atoms with Gasteiger partial charge in [0.25, 0.3) is 5.91 Å². The second-order valence-corrected chi connectivity index (χ2v) is 11.8. The molecule has 5 rings (SSSR count). The number of nitrogens with one attached hydrogen (secondary N) is 1. The molecule has 0 aromatic carbocycles. The van der Waals surface area contributed by atoms with E-state index in [1.54, 1.807) is 0 Å². The Balaban J connectivity index is 1.05. The van der Waals surface area contributed by atoms with Crippen molar-refractivity contribution >= 4 is 22.4 Å². The Labute approximate surface area is 227 Å². The van der Waals surface area contributed by atoms with Crippen LogP contribution in [0.2, 0.25) is 0 Å². The zero-order valence-corrected chi connectivity index (χ0v) is 22.3. The Morgan fingerprint density at radius 3 is 2.59 bits per heavy atom. The molecule has 0 radical (unpaired) electrons. The molecule has 2 saturated heterocycles. The Morgan fingerprint density at radius 2 is 1.90 bits per heavy atom. The number of halogens is 5. The van der Waals surface area contributed by atoms with Crippen LogP contribution in [-0.2, 0) is 11.3 Å². The zero-order chi connectivity index (χ0) is 27.6. The highest BCUT2D eigenvalue weighted by Gasteiger charge is 2.63. The van der Waals surface area contributed by atoms with Crippen LogP contribution < -0.4 is 10.2 Å². The van der Waals surface area contributed by atoms with Crippen molar-refractivity contribution in [3.63, 3.8) is 0 Å². The molecule has 1 atom stereocenters. The number of carbonyl (C=O) groups excluding carboxylic acids is 1. The first-order valence-electron chi connectivity index (χ1n) is 13.3. The number of likely N-dealkylation sites (tertiary alicyclic amines) is 1. The lowest BCUT2D eigenvalue weighted by atomic mass is 9.94. The number of anilines is 1. The normalized spacial score (nSPS) is 22.2. The fourth-order valence-corrected chi connectivity index (χ4v) is 6.29. The van der Waals surface area contributed by atoms with Gasteiger partial charge in [-0.15, -0.1) is 0 Å². The van der Waals surface area contributed by atoms with Gasteiger partial charge in [0, 0.05) is 31.7 Å². The van der Waals surface area contributed by atoms with Crippen molar-refractivity contribution in [1.29, 1.82) is 0 Å². The van der Waals surface area contributed by atoms with E-state index in [4.69, 9.17) is 4.74 Å². The van der Waals surface area contributed by atoms with Crippen molar-refractivity contribution in [2.24, 2.45) is 11.3 Å². The summed E-state index contributed by atoms with van der Waals surface area (Å²) in [6.45, 7) is 3.40. The standard InChI is InChI=1S/C26H32F5N5O2S/c27-18-10-20(28)21(32-11-18)12-33-23(37)22-13-34-24(39-22)35-8-3-19(4-9-35)36-7-1-2-17(14-36)15-38-16-25(5-6-25)26(29,30)31/h10-11,13,17,19H,1-9,12,14-16H2,(H,33,37)/t17-/m1/s1. The van der Waals surface area contributed by atoms with Crippen molar-refractivity contribution in [2.75, 3.05) is 44.3 Å². The van der Waals surface area contributed by atoms with Crippen LogP contribution in [0, 0.1) is 23.0 Å². The number of carbonyl (C=O) groups is 1. The summed E-state index contributed by atoms with van der Waals surface area (Å²) in [6, 6.07) is 1.12. The third kappa shape index (κ3) is 6.68. The molecule has 3 fully saturated rings. The van der Waals surface area contributed by atoms with E-state index in [0.717, 1.165) is 69.3 Å². The molecule has 1 amide bonds. The minimum absolute atomic E-state index is 0.0452. The van der Waals surface area contributed by atoms with Crippen LogP contribution in [-0.4, -0.2) is 72.4 Å². The molecule has 13 heteroatoms. The minimum Gasteiger partial charge on any atom is -0.380 e. The van der Waals surface area contributed by atoms with Crippen LogP contribution in [0.4, 0.5) is 27.1 Å². The van der Waals surface area contributed by atoms with Crippen molar-refractivity contribution in [1.82, 2.24) is 20.2 Å². The molecule has 4 heterocycles. The molecule has 1 saturated carbocycles. The SMILES string of the molecule is O=C(NCc1ncc(F)cc1F)c1cnc(N2CCC(N3CCC[C@@H](COCC4(C(F)(F)F)CC4)C3)CC2)s1. The number of pyridine rings is 1. The molecular weight excluding hydrogens is 541 g/mol.